The number of nitrogens with one attached hydrogen (secondary N) is 1. The van der Waals surface area contributed by atoms with E-state index in [4.69, 9.17) is 5.73 Å². The number of primary amides is 1. The Morgan fingerprint density at radius 1 is 1.67 bits per heavy atom. The van der Waals surface area contributed by atoms with Crippen molar-refractivity contribution in [2.45, 2.75) is 19.4 Å². The molecule has 1 aromatic rings. The second-order valence-electron chi connectivity index (χ2n) is 3.18. The summed E-state index contributed by atoms with van der Waals surface area (Å²) in [6.45, 7) is 1.78. The highest BCUT2D eigenvalue weighted by Gasteiger charge is 2.18. The molecule has 6 heteroatoms. The molecule has 0 aliphatic heterocycles. The van der Waals surface area contributed by atoms with Crippen LogP contribution in [0.1, 0.15) is 23.8 Å². The summed E-state index contributed by atoms with van der Waals surface area (Å²) in [6.07, 6.45) is 1.99. The van der Waals surface area contributed by atoms with E-state index in [2.05, 4.69) is 10.4 Å². The molecule has 1 atom stereocenters. The van der Waals surface area contributed by atoms with E-state index in [1.54, 1.807) is 20.0 Å². The number of aromatic nitrogens is 2. The van der Waals surface area contributed by atoms with Crippen molar-refractivity contribution in [3.63, 3.8) is 0 Å². The highest BCUT2D eigenvalue weighted by atomic mass is 16.2. The van der Waals surface area contributed by atoms with Gasteiger partial charge in [-0.2, -0.15) is 5.10 Å². The third-order valence-electron chi connectivity index (χ3n) is 2.11. The fourth-order valence-electron chi connectivity index (χ4n) is 1.20. The van der Waals surface area contributed by atoms with Crippen molar-refractivity contribution in [2.75, 3.05) is 0 Å². The van der Waals surface area contributed by atoms with Crippen LogP contribution in [-0.2, 0) is 11.8 Å². The molecule has 82 valence electrons. The monoisotopic (exact) mass is 210 g/mol. The molecule has 0 saturated carbocycles. The molecule has 0 aliphatic carbocycles. The Kier molecular flexibility index (Phi) is 3.43. The third kappa shape index (κ3) is 2.55. The molecule has 6 nitrogen and oxygen atoms in total. The van der Waals surface area contributed by atoms with Crippen molar-refractivity contribution in [3.05, 3.63) is 18.0 Å². The van der Waals surface area contributed by atoms with Crippen LogP contribution in [0.2, 0.25) is 0 Å². The second kappa shape index (κ2) is 4.59. The number of hydrogen-bond acceptors (Lipinski definition) is 3. The Bertz CT molecular complexity index is 372. The number of aryl methyl sites for hydroxylation is 1. The SMILES string of the molecule is CCC(NC(=O)c1ccnn1C)C(N)=O. The fourth-order valence-corrected chi connectivity index (χ4v) is 1.20. The van der Waals surface area contributed by atoms with E-state index < -0.39 is 11.9 Å². The first-order chi connectivity index (χ1) is 7.06. The van der Waals surface area contributed by atoms with Crippen LogP contribution < -0.4 is 11.1 Å². The summed E-state index contributed by atoms with van der Waals surface area (Å²) in [5, 5.41) is 6.39. The fraction of sp³-hybridized carbons (Fsp3) is 0.444. The Morgan fingerprint density at radius 2 is 2.33 bits per heavy atom. The minimum Gasteiger partial charge on any atom is -0.368 e. The number of carbonyl (C=O) groups is 2. The first kappa shape index (κ1) is 11.2. The van der Waals surface area contributed by atoms with Crippen LogP contribution in [-0.4, -0.2) is 27.6 Å². The summed E-state index contributed by atoms with van der Waals surface area (Å²) < 4.78 is 1.43. The molecule has 0 radical (unpaired) electrons. The van der Waals surface area contributed by atoms with Gasteiger partial charge >= 0.3 is 0 Å². The molecule has 15 heavy (non-hydrogen) atoms. The predicted molar refractivity (Wildman–Crippen MR) is 53.9 cm³/mol. The number of carbonyl (C=O) groups excluding carboxylic acids is 2. The van der Waals surface area contributed by atoms with Gasteiger partial charge in [0.05, 0.1) is 0 Å². The van der Waals surface area contributed by atoms with E-state index in [0.717, 1.165) is 0 Å². The highest BCUT2D eigenvalue weighted by Crippen LogP contribution is 1.98. The smallest absolute Gasteiger partial charge is 0.270 e. The normalized spacial score (nSPS) is 12.1. The Morgan fingerprint density at radius 3 is 2.73 bits per heavy atom. The van der Waals surface area contributed by atoms with Gasteiger partial charge in [0, 0.05) is 13.2 Å². The molecule has 0 fully saturated rings. The summed E-state index contributed by atoms with van der Waals surface area (Å²) >= 11 is 0. The summed E-state index contributed by atoms with van der Waals surface area (Å²) in [7, 11) is 1.65. The summed E-state index contributed by atoms with van der Waals surface area (Å²) in [5.74, 6) is -0.881. The molecular formula is C9H14N4O2. The van der Waals surface area contributed by atoms with Gasteiger partial charge in [0.1, 0.15) is 11.7 Å². The maximum absolute atomic E-state index is 11.6. The molecule has 0 aliphatic rings. The zero-order valence-electron chi connectivity index (χ0n) is 8.73. The van der Waals surface area contributed by atoms with E-state index in [9.17, 15) is 9.59 Å². The van der Waals surface area contributed by atoms with Crippen LogP contribution in [0.15, 0.2) is 12.3 Å². The number of hydrogen-bond donors (Lipinski definition) is 2. The molecule has 1 rings (SSSR count). The molecule has 3 N–H and O–H groups in total. The first-order valence-corrected chi connectivity index (χ1v) is 4.64. The van der Waals surface area contributed by atoms with E-state index in [-0.39, 0.29) is 5.91 Å². The molecule has 1 aromatic heterocycles. The van der Waals surface area contributed by atoms with Gasteiger partial charge in [-0.15, -0.1) is 0 Å². The second-order valence-corrected chi connectivity index (χ2v) is 3.18. The Labute approximate surface area is 87.4 Å². The minimum atomic E-state index is -0.632. The molecule has 0 saturated heterocycles. The van der Waals surface area contributed by atoms with Crippen molar-refractivity contribution in [2.24, 2.45) is 12.8 Å². The average Bonchev–Trinajstić information content (AvgIpc) is 2.60. The molecule has 1 heterocycles. The quantitative estimate of drug-likeness (QED) is 0.696. The Balaban J connectivity index is 2.71. The standard InChI is InChI=1S/C9H14N4O2/c1-3-6(8(10)14)12-9(15)7-4-5-11-13(7)2/h4-6H,3H2,1-2H3,(H2,10,14)(H,12,15). The zero-order chi connectivity index (χ0) is 11.4. The number of nitrogens with two attached hydrogens (primary N) is 1. The summed E-state index contributed by atoms with van der Waals surface area (Å²) in [5.41, 5.74) is 5.51. The summed E-state index contributed by atoms with van der Waals surface area (Å²) in [6, 6.07) is 0.940. The van der Waals surface area contributed by atoms with Gasteiger partial charge < -0.3 is 11.1 Å². The number of nitrogens with zero attached hydrogens (tertiary/aromatic N) is 2. The lowest BCUT2D eigenvalue weighted by Gasteiger charge is -2.12. The largest absolute Gasteiger partial charge is 0.368 e. The minimum absolute atomic E-state index is 0.347. The number of amides is 2. The maximum Gasteiger partial charge on any atom is 0.270 e. The first-order valence-electron chi connectivity index (χ1n) is 4.64. The van der Waals surface area contributed by atoms with Crippen LogP contribution >= 0.6 is 0 Å². The average molecular weight is 210 g/mol. The molecule has 1 unspecified atom stereocenters. The van der Waals surface area contributed by atoms with Crippen LogP contribution in [0.3, 0.4) is 0 Å². The zero-order valence-corrected chi connectivity index (χ0v) is 8.73. The maximum atomic E-state index is 11.6. The summed E-state index contributed by atoms with van der Waals surface area (Å²) in [4.78, 5) is 22.5. The van der Waals surface area contributed by atoms with Crippen molar-refractivity contribution in [1.82, 2.24) is 15.1 Å². The number of rotatable bonds is 4. The van der Waals surface area contributed by atoms with Gasteiger partial charge in [-0.25, -0.2) is 0 Å². The van der Waals surface area contributed by atoms with Crippen LogP contribution in [0.25, 0.3) is 0 Å². The molecular weight excluding hydrogens is 196 g/mol. The third-order valence-corrected chi connectivity index (χ3v) is 2.11. The van der Waals surface area contributed by atoms with Gasteiger partial charge in [0.2, 0.25) is 5.91 Å². The van der Waals surface area contributed by atoms with E-state index in [1.165, 1.54) is 10.9 Å². The topological polar surface area (TPSA) is 90.0 Å². The van der Waals surface area contributed by atoms with Gasteiger partial charge in [0.25, 0.3) is 5.91 Å². The molecule has 2 amide bonds. The van der Waals surface area contributed by atoms with Crippen molar-refractivity contribution >= 4 is 11.8 Å². The van der Waals surface area contributed by atoms with Gasteiger partial charge in [-0.3, -0.25) is 14.3 Å². The lowest BCUT2D eigenvalue weighted by atomic mass is 10.2. The Hall–Kier alpha value is -1.85. The van der Waals surface area contributed by atoms with Crippen LogP contribution in [0, 0.1) is 0 Å². The van der Waals surface area contributed by atoms with Crippen LogP contribution in [0.4, 0.5) is 0 Å². The lowest BCUT2D eigenvalue weighted by Crippen LogP contribution is -2.44. The predicted octanol–water partition coefficient (Wildman–Crippen LogP) is -0.586. The molecule has 0 aromatic carbocycles. The highest BCUT2D eigenvalue weighted by molar-refractivity contribution is 5.95. The molecule has 0 spiro atoms. The molecule has 0 bridgehead atoms. The van der Waals surface area contributed by atoms with Crippen LogP contribution in [0.5, 0.6) is 0 Å². The van der Waals surface area contributed by atoms with Crippen molar-refractivity contribution < 1.29 is 9.59 Å². The lowest BCUT2D eigenvalue weighted by molar-refractivity contribution is -0.119. The van der Waals surface area contributed by atoms with E-state index >= 15 is 0 Å². The van der Waals surface area contributed by atoms with Gasteiger partial charge in [-0.1, -0.05) is 6.92 Å². The van der Waals surface area contributed by atoms with Crippen molar-refractivity contribution in [1.29, 1.82) is 0 Å². The van der Waals surface area contributed by atoms with Gasteiger partial charge in [0.15, 0.2) is 0 Å². The van der Waals surface area contributed by atoms with E-state index in [1.807, 2.05) is 0 Å². The van der Waals surface area contributed by atoms with Gasteiger partial charge in [-0.05, 0) is 12.5 Å². The van der Waals surface area contributed by atoms with E-state index in [0.29, 0.717) is 12.1 Å². The van der Waals surface area contributed by atoms with Crippen molar-refractivity contribution in [3.8, 4) is 0 Å².